The Bertz CT molecular complexity index is 2340. The summed E-state index contributed by atoms with van der Waals surface area (Å²) in [5, 5.41) is 19.9. The first-order chi connectivity index (χ1) is 24.0. The Kier molecular flexibility index (Phi) is 8.63. The van der Waals surface area contributed by atoms with Crippen LogP contribution in [-0.2, 0) is 23.8 Å². The van der Waals surface area contributed by atoms with Crippen LogP contribution in [0.25, 0.3) is 38.5 Å². The van der Waals surface area contributed by atoms with E-state index < -0.39 is 18.0 Å². The van der Waals surface area contributed by atoms with Crippen LogP contribution >= 0.6 is 0 Å². The maximum absolute atomic E-state index is 15.5. The second-order valence-corrected chi connectivity index (χ2v) is 13.5. The topological polar surface area (TPSA) is 113 Å². The van der Waals surface area contributed by atoms with Crippen LogP contribution in [0.3, 0.4) is 0 Å². The summed E-state index contributed by atoms with van der Waals surface area (Å²) in [4.78, 5) is 33.3. The minimum Gasteiger partial charge on any atom is -0.392 e. The lowest BCUT2D eigenvalue weighted by Gasteiger charge is -2.26. The van der Waals surface area contributed by atoms with Crippen molar-refractivity contribution in [2.45, 2.75) is 32.8 Å². The molecule has 50 heavy (non-hydrogen) atoms. The van der Waals surface area contributed by atoms with Gasteiger partial charge in [-0.15, -0.1) is 0 Å². The van der Waals surface area contributed by atoms with Crippen molar-refractivity contribution in [3.63, 3.8) is 0 Å². The van der Waals surface area contributed by atoms with E-state index in [0.717, 1.165) is 32.5 Å². The fourth-order valence-corrected chi connectivity index (χ4v) is 6.44. The number of aromatic nitrogens is 4. The van der Waals surface area contributed by atoms with Gasteiger partial charge in [0, 0.05) is 41.7 Å². The average molecular weight is 674 g/mol. The summed E-state index contributed by atoms with van der Waals surface area (Å²) in [7, 11) is 1.87. The number of ether oxygens (including phenoxy) is 1. The summed E-state index contributed by atoms with van der Waals surface area (Å²) in [6.45, 7) is 7.73. The van der Waals surface area contributed by atoms with Crippen molar-refractivity contribution in [1.82, 2.24) is 19.7 Å². The first-order valence-corrected chi connectivity index (χ1v) is 16.5. The number of aliphatic hydroxyl groups is 1. The molecule has 254 valence electrons. The molecule has 11 heteroatoms. The number of rotatable bonds is 6. The lowest BCUT2D eigenvalue weighted by Crippen LogP contribution is -2.42. The van der Waals surface area contributed by atoms with E-state index in [4.69, 9.17) is 4.74 Å². The van der Waals surface area contributed by atoms with Gasteiger partial charge >= 0.3 is 0 Å². The van der Waals surface area contributed by atoms with Crippen molar-refractivity contribution in [3.8, 4) is 16.8 Å². The SMILES string of the molecule is C[n+]1cc(C(=O)N2CCOCC2)ccc1Nc1cc(-c2cccc(-n3ncc4cc(C(C)(C)C)cc(F)c4c3=O)c2CO)cc2cccnc12. The number of halogens is 1. The predicted octanol–water partition coefficient (Wildman–Crippen LogP) is 5.57. The Morgan fingerprint density at radius 2 is 1.84 bits per heavy atom. The van der Waals surface area contributed by atoms with Gasteiger partial charge in [-0.25, -0.2) is 14.3 Å². The molecule has 1 aliphatic heterocycles. The Morgan fingerprint density at radius 1 is 1.04 bits per heavy atom. The molecule has 1 aliphatic rings. The van der Waals surface area contributed by atoms with Crippen molar-refractivity contribution >= 4 is 39.1 Å². The van der Waals surface area contributed by atoms with Gasteiger partial charge in [-0.2, -0.15) is 9.78 Å². The van der Waals surface area contributed by atoms with Crippen LogP contribution in [0, 0.1) is 5.82 Å². The third kappa shape index (κ3) is 6.10. The van der Waals surface area contributed by atoms with Gasteiger partial charge in [0.15, 0.2) is 5.69 Å². The molecule has 6 aromatic rings. The van der Waals surface area contributed by atoms with Gasteiger partial charge in [0.25, 0.3) is 17.3 Å². The molecule has 3 aromatic carbocycles. The van der Waals surface area contributed by atoms with Crippen LogP contribution in [0.4, 0.5) is 15.9 Å². The Balaban J connectivity index is 1.29. The molecule has 0 bridgehead atoms. The minimum absolute atomic E-state index is 0.0432. The number of hydrogen-bond acceptors (Lipinski definition) is 7. The van der Waals surface area contributed by atoms with Gasteiger partial charge in [0.1, 0.15) is 17.5 Å². The highest BCUT2D eigenvalue weighted by molar-refractivity contribution is 5.97. The predicted molar refractivity (Wildman–Crippen MR) is 190 cm³/mol. The number of fused-ring (bicyclic) bond motifs is 2. The molecule has 3 aromatic heterocycles. The summed E-state index contributed by atoms with van der Waals surface area (Å²) < 4.78 is 23.9. The molecule has 7 rings (SSSR count). The number of morpholine rings is 1. The molecule has 0 radical (unpaired) electrons. The summed E-state index contributed by atoms with van der Waals surface area (Å²) in [6.07, 6.45) is 5.01. The number of anilines is 2. The van der Waals surface area contributed by atoms with E-state index >= 15 is 4.39 Å². The van der Waals surface area contributed by atoms with Crippen molar-refractivity contribution in [1.29, 1.82) is 0 Å². The van der Waals surface area contributed by atoms with Crippen LogP contribution in [0.15, 0.2) is 90.1 Å². The zero-order valence-corrected chi connectivity index (χ0v) is 28.4. The number of benzene rings is 3. The van der Waals surface area contributed by atoms with E-state index in [-0.39, 0.29) is 16.7 Å². The van der Waals surface area contributed by atoms with Crippen molar-refractivity contribution in [3.05, 3.63) is 118 Å². The number of hydrogen-bond donors (Lipinski definition) is 2. The van der Waals surface area contributed by atoms with Gasteiger partial charge in [-0.1, -0.05) is 39.0 Å². The van der Waals surface area contributed by atoms with Crippen molar-refractivity contribution in [2.24, 2.45) is 7.05 Å². The van der Waals surface area contributed by atoms with Gasteiger partial charge in [0.2, 0.25) is 0 Å². The van der Waals surface area contributed by atoms with Crippen molar-refractivity contribution in [2.75, 3.05) is 31.6 Å². The van der Waals surface area contributed by atoms with E-state index in [9.17, 15) is 14.7 Å². The maximum Gasteiger partial charge on any atom is 0.282 e. The van der Waals surface area contributed by atoms with E-state index in [1.54, 1.807) is 41.6 Å². The number of aliphatic hydroxyl groups excluding tert-OH is 1. The zero-order valence-electron chi connectivity index (χ0n) is 28.4. The third-order valence-electron chi connectivity index (χ3n) is 9.20. The normalized spacial score (nSPS) is 13.6. The van der Waals surface area contributed by atoms with E-state index in [2.05, 4.69) is 15.4 Å². The average Bonchev–Trinajstić information content (AvgIpc) is 3.11. The monoisotopic (exact) mass is 673 g/mol. The van der Waals surface area contributed by atoms with Crippen LogP contribution in [0.1, 0.15) is 42.3 Å². The molecule has 10 nitrogen and oxygen atoms in total. The molecule has 1 amide bonds. The first-order valence-electron chi connectivity index (χ1n) is 16.5. The molecule has 2 N–H and O–H groups in total. The first kappa shape index (κ1) is 33.0. The molecule has 0 unspecified atom stereocenters. The van der Waals surface area contributed by atoms with Crippen molar-refractivity contribution < 1.29 is 23.6 Å². The second kappa shape index (κ2) is 13.1. The molecule has 0 spiro atoms. The lowest BCUT2D eigenvalue weighted by molar-refractivity contribution is -0.657. The summed E-state index contributed by atoms with van der Waals surface area (Å²) >= 11 is 0. The van der Waals surface area contributed by atoms with Gasteiger partial charge in [-0.3, -0.25) is 14.6 Å². The Labute approximate surface area is 288 Å². The van der Waals surface area contributed by atoms with Gasteiger partial charge in [-0.05, 0) is 64.6 Å². The number of carbonyl (C=O) groups excluding carboxylic acids is 1. The molecule has 4 heterocycles. The zero-order chi connectivity index (χ0) is 35.2. The summed E-state index contributed by atoms with van der Waals surface area (Å²) in [5.74, 6) is 0.0744. The number of carbonyl (C=O) groups is 1. The highest BCUT2D eigenvalue weighted by Gasteiger charge is 2.23. The van der Waals surface area contributed by atoms with Crippen LogP contribution < -0.4 is 15.4 Å². The maximum atomic E-state index is 15.5. The number of nitrogens with zero attached hydrogens (tertiary/aromatic N) is 5. The fourth-order valence-electron chi connectivity index (χ4n) is 6.44. The molecule has 1 saturated heterocycles. The minimum atomic E-state index is -0.611. The van der Waals surface area contributed by atoms with Crippen LogP contribution in [-0.4, -0.2) is 57.0 Å². The number of nitrogens with one attached hydrogen (secondary N) is 1. The number of aryl methyl sites for hydroxylation is 1. The Morgan fingerprint density at radius 3 is 2.58 bits per heavy atom. The quantitative estimate of drug-likeness (QED) is 0.222. The third-order valence-corrected chi connectivity index (χ3v) is 9.20. The molecular formula is C39H38FN6O4+. The number of amides is 1. The van der Waals surface area contributed by atoms with E-state index in [0.29, 0.717) is 59.8 Å². The highest BCUT2D eigenvalue weighted by atomic mass is 19.1. The smallest absolute Gasteiger partial charge is 0.282 e. The molecule has 0 saturated carbocycles. The summed E-state index contributed by atoms with van der Waals surface area (Å²) in [5.41, 5.74) is 4.09. The van der Waals surface area contributed by atoms with Crippen LogP contribution in [0.2, 0.25) is 0 Å². The van der Waals surface area contributed by atoms with Gasteiger partial charge in [0.05, 0.1) is 49.7 Å². The van der Waals surface area contributed by atoms with E-state index in [1.807, 2.05) is 68.8 Å². The molecule has 0 aliphatic carbocycles. The van der Waals surface area contributed by atoms with Crippen LogP contribution in [0.5, 0.6) is 0 Å². The Hall–Kier alpha value is -5.52. The van der Waals surface area contributed by atoms with Gasteiger partial charge < -0.3 is 14.7 Å². The largest absolute Gasteiger partial charge is 0.392 e. The second-order valence-electron chi connectivity index (χ2n) is 13.5. The highest BCUT2D eigenvalue weighted by Crippen LogP contribution is 2.35. The molecule has 1 fully saturated rings. The molecular weight excluding hydrogens is 635 g/mol. The lowest BCUT2D eigenvalue weighted by atomic mass is 9.86. The summed E-state index contributed by atoms with van der Waals surface area (Å²) in [6, 6.07) is 19.9. The number of pyridine rings is 2. The fraction of sp³-hybridized carbons (Fsp3) is 0.256. The molecule has 0 atom stereocenters. The standard InChI is InChI=1S/C39H37FN6O4/c1-39(2,3)28-18-27-21-42-46(38(49)35(27)31(40)20-28)33-9-5-8-29(30(33)23-47)26-17-24-7-6-12-41-36(24)32(19-26)43-34-11-10-25(22-44(34)4)37(48)45-13-15-50-16-14-45/h5-12,17-22,47H,13-16,23H2,1-4H3/p+1. The van der Waals surface area contributed by atoms with E-state index in [1.165, 1.54) is 12.3 Å².